The van der Waals surface area contributed by atoms with Gasteiger partial charge >= 0.3 is 11.8 Å². The molecule has 2 aromatic rings. The first kappa shape index (κ1) is 20.6. The molecule has 7 nitrogen and oxygen atoms in total. The highest BCUT2D eigenvalue weighted by Crippen LogP contribution is 2.17. The van der Waals surface area contributed by atoms with Crippen LogP contribution in [0.3, 0.4) is 0 Å². The van der Waals surface area contributed by atoms with Gasteiger partial charge in [0, 0.05) is 26.2 Å². The number of benzene rings is 2. The Hall–Kier alpha value is -3.13. The summed E-state index contributed by atoms with van der Waals surface area (Å²) in [5.74, 6) is -1.58. The van der Waals surface area contributed by atoms with Crippen molar-refractivity contribution in [1.29, 1.82) is 0 Å². The fourth-order valence-corrected chi connectivity index (χ4v) is 3.66. The molecule has 3 rings (SSSR count). The summed E-state index contributed by atoms with van der Waals surface area (Å²) in [6, 6.07) is 18.9. The average molecular weight is 411 g/mol. The molecule has 0 aromatic heterocycles. The Balaban J connectivity index is 1.62. The van der Waals surface area contributed by atoms with Crippen molar-refractivity contribution in [2.75, 3.05) is 18.8 Å². The van der Waals surface area contributed by atoms with Gasteiger partial charge in [-0.15, -0.1) is 0 Å². The first-order valence-electron chi connectivity index (χ1n) is 9.16. The summed E-state index contributed by atoms with van der Waals surface area (Å²) in [4.78, 5) is 50.9. The van der Waals surface area contributed by atoms with Crippen LogP contribution < -0.4 is 5.32 Å². The Bertz CT molecular complexity index is 832. The number of carbonyl (C=O) groups excluding carboxylic acids is 4. The van der Waals surface area contributed by atoms with E-state index < -0.39 is 11.8 Å². The Labute approximate surface area is 173 Å². The van der Waals surface area contributed by atoms with Crippen molar-refractivity contribution in [3.05, 3.63) is 71.8 Å². The van der Waals surface area contributed by atoms with E-state index in [0.29, 0.717) is 13.1 Å². The monoisotopic (exact) mass is 411 g/mol. The van der Waals surface area contributed by atoms with Crippen molar-refractivity contribution in [3.8, 4) is 0 Å². The van der Waals surface area contributed by atoms with Gasteiger partial charge in [0.05, 0.1) is 5.75 Å². The van der Waals surface area contributed by atoms with Crippen LogP contribution in [-0.2, 0) is 27.5 Å². The molecule has 1 heterocycles. The third kappa shape index (κ3) is 5.68. The molecular formula is C21H21N3O4S. The maximum atomic E-state index is 12.8. The fourth-order valence-electron chi connectivity index (χ4n) is 2.90. The first-order chi connectivity index (χ1) is 14.0. The zero-order chi connectivity index (χ0) is 20.6. The van der Waals surface area contributed by atoms with Crippen LogP contribution >= 0.6 is 11.8 Å². The molecule has 0 atom stereocenters. The molecule has 1 N–H and O–H groups in total. The van der Waals surface area contributed by atoms with Gasteiger partial charge in [0.25, 0.3) is 5.24 Å². The zero-order valence-corrected chi connectivity index (χ0v) is 16.6. The molecule has 0 bridgehead atoms. The number of hydrogen-bond acceptors (Lipinski definition) is 5. The standard InChI is InChI=1S/C21H21N3O4S/c25-18-15-29-21(28)24(18)12-11-22-19(26)20(27)23(13-16-7-3-1-4-8-16)14-17-9-5-2-6-10-17/h1-10H,11-15H2,(H,22,26). The lowest BCUT2D eigenvalue weighted by molar-refractivity contribution is -0.146. The highest BCUT2D eigenvalue weighted by Gasteiger charge is 2.30. The Morgan fingerprint density at radius 1 is 0.931 bits per heavy atom. The Morgan fingerprint density at radius 3 is 1.97 bits per heavy atom. The predicted octanol–water partition coefficient (Wildman–Crippen LogP) is 2.03. The zero-order valence-electron chi connectivity index (χ0n) is 15.7. The van der Waals surface area contributed by atoms with Crippen molar-refractivity contribution in [2.45, 2.75) is 13.1 Å². The summed E-state index contributed by atoms with van der Waals surface area (Å²) >= 11 is 0.936. The van der Waals surface area contributed by atoms with Crippen LogP contribution in [0.25, 0.3) is 0 Å². The van der Waals surface area contributed by atoms with E-state index in [1.165, 1.54) is 4.90 Å². The van der Waals surface area contributed by atoms with Crippen LogP contribution in [0, 0.1) is 0 Å². The molecule has 4 amide bonds. The van der Waals surface area contributed by atoms with Crippen LogP contribution in [0.15, 0.2) is 60.7 Å². The lowest BCUT2D eigenvalue weighted by atomic mass is 10.1. The molecule has 0 saturated carbocycles. The predicted molar refractivity (Wildman–Crippen MR) is 110 cm³/mol. The topological polar surface area (TPSA) is 86.8 Å². The summed E-state index contributed by atoms with van der Waals surface area (Å²) in [7, 11) is 0. The summed E-state index contributed by atoms with van der Waals surface area (Å²) in [6.07, 6.45) is 0. The van der Waals surface area contributed by atoms with Crippen molar-refractivity contribution in [3.63, 3.8) is 0 Å². The van der Waals surface area contributed by atoms with E-state index in [1.807, 2.05) is 60.7 Å². The number of thioether (sulfide) groups is 1. The second kappa shape index (κ2) is 9.88. The molecule has 2 aromatic carbocycles. The Kier molecular flexibility index (Phi) is 7.02. The van der Waals surface area contributed by atoms with Gasteiger partial charge in [-0.3, -0.25) is 24.1 Å². The van der Waals surface area contributed by atoms with Crippen molar-refractivity contribution < 1.29 is 19.2 Å². The number of imide groups is 1. The minimum absolute atomic E-state index is 0.0348. The maximum Gasteiger partial charge on any atom is 0.312 e. The molecule has 0 spiro atoms. The van der Waals surface area contributed by atoms with Crippen LogP contribution in [0.5, 0.6) is 0 Å². The SMILES string of the molecule is O=C(NCCN1C(=O)CSC1=O)C(=O)N(Cc1ccccc1)Cc1ccccc1. The van der Waals surface area contributed by atoms with Gasteiger partial charge < -0.3 is 10.2 Å². The van der Waals surface area contributed by atoms with Crippen LogP contribution in [0.4, 0.5) is 4.79 Å². The van der Waals surface area contributed by atoms with E-state index in [9.17, 15) is 19.2 Å². The summed E-state index contributed by atoms with van der Waals surface area (Å²) in [5, 5.41) is 2.19. The van der Waals surface area contributed by atoms with Crippen molar-refractivity contribution >= 4 is 34.7 Å². The smallest absolute Gasteiger partial charge is 0.312 e. The minimum Gasteiger partial charge on any atom is -0.346 e. The molecule has 1 saturated heterocycles. The Morgan fingerprint density at radius 2 is 1.48 bits per heavy atom. The summed E-state index contributed by atoms with van der Waals surface area (Å²) in [6.45, 7) is 0.678. The molecule has 150 valence electrons. The van der Waals surface area contributed by atoms with Gasteiger partial charge in [-0.1, -0.05) is 72.4 Å². The van der Waals surface area contributed by atoms with Gasteiger partial charge in [-0.2, -0.15) is 0 Å². The molecular weight excluding hydrogens is 390 g/mol. The van der Waals surface area contributed by atoms with E-state index in [1.54, 1.807) is 0 Å². The second-order valence-corrected chi connectivity index (χ2v) is 7.41. The van der Waals surface area contributed by atoms with E-state index in [0.717, 1.165) is 27.8 Å². The average Bonchev–Trinajstić information content (AvgIpc) is 3.06. The quantitative estimate of drug-likeness (QED) is 0.705. The number of carbonyl (C=O) groups is 4. The van der Waals surface area contributed by atoms with Gasteiger partial charge in [0.1, 0.15) is 0 Å². The van der Waals surface area contributed by atoms with Gasteiger partial charge in [0.2, 0.25) is 5.91 Å². The lowest BCUT2D eigenvalue weighted by Crippen LogP contribution is -2.45. The highest BCUT2D eigenvalue weighted by atomic mass is 32.2. The minimum atomic E-state index is -0.761. The third-order valence-electron chi connectivity index (χ3n) is 4.38. The molecule has 0 unspecified atom stereocenters. The largest absolute Gasteiger partial charge is 0.346 e. The first-order valence-corrected chi connectivity index (χ1v) is 10.1. The van der Waals surface area contributed by atoms with Gasteiger partial charge in [-0.05, 0) is 11.1 Å². The van der Waals surface area contributed by atoms with Crippen LogP contribution in [-0.4, -0.2) is 51.6 Å². The van der Waals surface area contributed by atoms with Crippen LogP contribution in [0.1, 0.15) is 11.1 Å². The van der Waals surface area contributed by atoms with Crippen molar-refractivity contribution in [1.82, 2.24) is 15.1 Å². The van der Waals surface area contributed by atoms with Crippen molar-refractivity contribution in [2.24, 2.45) is 0 Å². The summed E-state index contributed by atoms with van der Waals surface area (Å²) < 4.78 is 0. The number of amides is 4. The fraction of sp³-hybridized carbons (Fsp3) is 0.238. The third-order valence-corrected chi connectivity index (χ3v) is 5.23. The summed E-state index contributed by atoms with van der Waals surface area (Å²) in [5.41, 5.74) is 1.82. The van der Waals surface area contributed by atoms with Gasteiger partial charge in [0.15, 0.2) is 0 Å². The highest BCUT2D eigenvalue weighted by molar-refractivity contribution is 8.14. The van der Waals surface area contributed by atoms with Crippen LogP contribution in [0.2, 0.25) is 0 Å². The number of nitrogens with zero attached hydrogens (tertiary/aromatic N) is 2. The maximum absolute atomic E-state index is 12.8. The lowest BCUT2D eigenvalue weighted by Gasteiger charge is -2.23. The van der Waals surface area contributed by atoms with E-state index >= 15 is 0 Å². The number of rotatable bonds is 7. The molecule has 0 aliphatic carbocycles. The second-order valence-electron chi connectivity index (χ2n) is 6.49. The van der Waals surface area contributed by atoms with E-state index in [4.69, 9.17) is 0 Å². The molecule has 8 heteroatoms. The number of hydrogen-bond donors (Lipinski definition) is 1. The molecule has 1 aliphatic heterocycles. The molecule has 0 radical (unpaired) electrons. The molecule has 1 aliphatic rings. The van der Waals surface area contributed by atoms with Gasteiger partial charge in [-0.25, -0.2) is 0 Å². The van der Waals surface area contributed by atoms with E-state index in [-0.39, 0.29) is 30.0 Å². The molecule has 1 fully saturated rings. The normalized spacial score (nSPS) is 13.4. The van der Waals surface area contributed by atoms with E-state index in [2.05, 4.69) is 5.32 Å². The number of nitrogens with one attached hydrogen (secondary N) is 1. The molecule has 29 heavy (non-hydrogen) atoms.